The lowest BCUT2D eigenvalue weighted by molar-refractivity contribution is -0.384. The Labute approximate surface area is 117 Å². The number of benzene rings is 2. The van der Waals surface area contributed by atoms with Crippen LogP contribution in [0, 0.1) is 10.1 Å². The minimum absolute atomic E-state index is 0.0298. The normalized spacial score (nSPS) is 11.2. The number of nitrogens with one attached hydrogen (secondary N) is 1. The fraction of sp³-hybridized carbons (Fsp3) is 0.0769. The maximum Gasteiger partial charge on any atom is 0.416 e. The molecule has 0 saturated heterocycles. The number of halogens is 3. The van der Waals surface area contributed by atoms with Gasteiger partial charge in [-0.2, -0.15) is 13.2 Å². The van der Waals surface area contributed by atoms with Gasteiger partial charge in [0.2, 0.25) is 0 Å². The lowest BCUT2D eigenvalue weighted by atomic mass is 10.1. The largest absolute Gasteiger partial charge is 0.416 e. The average molecular weight is 297 g/mol. The first-order valence-corrected chi connectivity index (χ1v) is 5.75. The summed E-state index contributed by atoms with van der Waals surface area (Å²) in [5, 5.41) is 13.6. The first kappa shape index (κ1) is 14.6. The van der Waals surface area contributed by atoms with E-state index < -0.39 is 22.4 Å². The van der Waals surface area contributed by atoms with Crippen LogP contribution in [-0.4, -0.2) is 4.92 Å². The summed E-state index contributed by atoms with van der Waals surface area (Å²) in [6.07, 6.45) is -4.63. The van der Waals surface area contributed by atoms with Crippen molar-refractivity contribution in [2.24, 2.45) is 0 Å². The van der Waals surface area contributed by atoms with Gasteiger partial charge in [-0.05, 0) is 36.4 Å². The second-order valence-corrected chi connectivity index (χ2v) is 4.23. The third-order valence-corrected chi connectivity index (χ3v) is 2.71. The number of nitrogens with two attached hydrogens (primary N) is 1. The fourth-order valence-corrected chi connectivity index (χ4v) is 1.69. The van der Waals surface area contributed by atoms with Gasteiger partial charge in [0.15, 0.2) is 0 Å². The zero-order valence-electron chi connectivity index (χ0n) is 10.5. The van der Waals surface area contributed by atoms with Gasteiger partial charge in [-0.25, -0.2) is 0 Å². The maximum absolute atomic E-state index is 12.6. The molecule has 0 aliphatic rings. The molecule has 0 radical (unpaired) electrons. The number of nitro benzene ring substituents is 1. The summed E-state index contributed by atoms with van der Waals surface area (Å²) in [6, 6.07) is 8.58. The first-order valence-electron chi connectivity index (χ1n) is 5.75. The van der Waals surface area contributed by atoms with Crippen LogP contribution in [0.3, 0.4) is 0 Å². The van der Waals surface area contributed by atoms with Gasteiger partial charge < -0.3 is 11.1 Å². The van der Waals surface area contributed by atoms with Crippen molar-refractivity contribution in [2.75, 3.05) is 11.1 Å². The quantitative estimate of drug-likeness (QED) is 0.511. The molecule has 0 heterocycles. The molecule has 0 aromatic heterocycles. The van der Waals surface area contributed by atoms with E-state index in [1.807, 2.05) is 0 Å². The fourth-order valence-electron chi connectivity index (χ4n) is 1.69. The number of hydrogen-bond donors (Lipinski definition) is 2. The van der Waals surface area contributed by atoms with E-state index in [9.17, 15) is 23.3 Å². The standard InChI is InChI=1S/C13H10F3N3O2/c14-13(15,16)8-1-6-11(12(7-8)19(20)21)18-10-4-2-9(17)3-5-10/h1-7,18H,17H2. The molecule has 0 spiro atoms. The van der Waals surface area contributed by atoms with Crippen molar-refractivity contribution in [1.82, 2.24) is 0 Å². The first-order chi connectivity index (χ1) is 9.77. The summed E-state index contributed by atoms with van der Waals surface area (Å²) >= 11 is 0. The molecule has 5 nitrogen and oxygen atoms in total. The average Bonchev–Trinajstić information content (AvgIpc) is 2.40. The molecule has 2 aromatic carbocycles. The van der Waals surface area contributed by atoms with Crippen molar-refractivity contribution in [3.8, 4) is 0 Å². The third kappa shape index (κ3) is 3.41. The molecule has 0 fully saturated rings. The number of nitro groups is 1. The highest BCUT2D eigenvalue weighted by Crippen LogP contribution is 2.36. The van der Waals surface area contributed by atoms with Crippen LogP contribution < -0.4 is 11.1 Å². The Kier molecular flexibility index (Phi) is 3.70. The van der Waals surface area contributed by atoms with Gasteiger partial charge in [0.05, 0.1) is 10.5 Å². The number of alkyl halides is 3. The molecule has 0 saturated carbocycles. The molecule has 8 heteroatoms. The van der Waals surface area contributed by atoms with E-state index in [0.717, 1.165) is 12.1 Å². The predicted octanol–water partition coefficient (Wildman–Crippen LogP) is 3.94. The Bertz CT molecular complexity index is 669. The molecular weight excluding hydrogens is 287 g/mol. The van der Waals surface area contributed by atoms with Crippen molar-refractivity contribution in [3.05, 3.63) is 58.1 Å². The van der Waals surface area contributed by atoms with Crippen molar-refractivity contribution >= 4 is 22.7 Å². The zero-order valence-corrected chi connectivity index (χ0v) is 10.5. The molecule has 2 aromatic rings. The van der Waals surface area contributed by atoms with Gasteiger partial charge in [0.1, 0.15) is 5.69 Å². The minimum atomic E-state index is -4.63. The van der Waals surface area contributed by atoms with Crippen molar-refractivity contribution in [2.45, 2.75) is 6.18 Å². The van der Waals surface area contributed by atoms with Crippen LogP contribution in [-0.2, 0) is 6.18 Å². The maximum atomic E-state index is 12.6. The van der Waals surface area contributed by atoms with Gasteiger partial charge in [-0.15, -0.1) is 0 Å². The van der Waals surface area contributed by atoms with E-state index in [2.05, 4.69) is 5.32 Å². The van der Waals surface area contributed by atoms with Crippen LogP contribution in [0.5, 0.6) is 0 Å². The van der Waals surface area contributed by atoms with Crippen LogP contribution in [0.25, 0.3) is 0 Å². The van der Waals surface area contributed by atoms with Crippen LogP contribution in [0.1, 0.15) is 5.56 Å². The molecule has 21 heavy (non-hydrogen) atoms. The summed E-state index contributed by atoms with van der Waals surface area (Å²) in [5.41, 5.74) is 4.73. The summed E-state index contributed by atoms with van der Waals surface area (Å²) in [4.78, 5) is 10.1. The summed E-state index contributed by atoms with van der Waals surface area (Å²) < 4.78 is 37.7. The predicted molar refractivity (Wildman–Crippen MR) is 72.2 cm³/mol. The Morgan fingerprint density at radius 1 is 1.10 bits per heavy atom. The van der Waals surface area contributed by atoms with Gasteiger partial charge in [-0.3, -0.25) is 10.1 Å². The second-order valence-electron chi connectivity index (χ2n) is 4.23. The summed E-state index contributed by atoms with van der Waals surface area (Å²) in [7, 11) is 0. The number of hydrogen-bond acceptors (Lipinski definition) is 4. The molecule has 110 valence electrons. The highest BCUT2D eigenvalue weighted by Gasteiger charge is 2.33. The van der Waals surface area contributed by atoms with E-state index in [-0.39, 0.29) is 5.69 Å². The van der Waals surface area contributed by atoms with Crippen LogP contribution >= 0.6 is 0 Å². The van der Waals surface area contributed by atoms with E-state index in [0.29, 0.717) is 17.4 Å². The van der Waals surface area contributed by atoms with Gasteiger partial charge in [0, 0.05) is 17.4 Å². The molecule has 0 aliphatic heterocycles. The Morgan fingerprint density at radius 2 is 1.71 bits per heavy atom. The highest BCUT2D eigenvalue weighted by molar-refractivity contribution is 5.71. The molecule has 0 unspecified atom stereocenters. The number of nitrogen functional groups attached to an aromatic ring is 1. The van der Waals surface area contributed by atoms with Gasteiger partial charge >= 0.3 is 6.18 Å². The van der Waals surface area contributed by atoms with Gasteiger partial charge in [0.25, 0.3) is 5.69 Å². The van der Waals surface area contributed by atoms with Crippen molar-refractivity contribution < 1.29 is 18.1 Å². The van der Waals surface area contributed by atoms with E-state index in [4.69, 9.17) is 5.73 Å². The summed E-state index contributed by atoms with van der Waals surface area (Å²) in [6.45, 7) is 0. The SMILES string of the molecule is Nc1ccc(Nc2ccc(C(F)(F)F)cc2[N+](=O)[O-])cc1. The van der Waals surface area contributed by atoms with Crippen molar-refractivity contribution in [1.29, 1.82) is 0 Å². The second kappa shape index (κ2) is 5.31. The zero-order chi connectivity index (χ0) is 15.6. The minimum Gasteiger partial charge on any atom is -0.399 e. The lowest BCUT2D eigenvalue weighted by Crippen LogP contribution is -2.06. The lowest BCUT2D eigenvalue weighted by Gasteiger charge is -2.10. The van der Waals surface area contributed by atoms with Crippen LogP contribution in [0.4, 0.5) is 35.9 Å². The number of nitrogens with zero attached hydrogens (tertiary/aromatic N) is 1. The van der Waals surface area contributed by atoms with E-state index in [1.165, 1.54) is 0 Å². The molecule has 0 atom stereocenters. The number of rotatable bonds is 3. The van der Waals surface area contributed by atoms with Crippen LogP contribution in [0.15, 0.2) is 42.5 Å². The molecule has 3 N–H and O–H groups in total. The Balaban J connectivity index is 2.39. The third-order valence-electron chi connectivity index (χ3n) is 2.71. The Hall–Kier alpha value is -2.77. The van der Waals surface area contributed by atoms with Crippen molar-refractivity contribution in [3.63, 3.8) is 0 Å². The van der Waals surface area contributed by atoms with Crippen LogP contribution in [0.2, 0.25) is 0 Å². The molecule has 0 amide bonds. The number of anilines is 3. The molecule has 0 aliphatic carbocycles. The van der Waals surface area contributed by atoms with Gasteiger partial charge in [-0.1, -0.05) is 0 Å². The Morgan fingerprint density at radius 3 is 2.24 bits per heavy atom. The van der Waals surface area contributed by atoms with E-state index in [1.54, 1.807) is 24.3 Å². The summed E-state index contributed by atoms with van der Waals surface area (Å²) in [5.74, 6) is 0. The molecule has 0 bridgehead atoms. The molecule has 2 rings (SSSR count). The van der Waals surface area contributed by atoms with E-state index >= 15 is 0 Å². The smallest absolute Gasteiger partial charge is 0.399 e. The molecular formula is C13H10F3N3O2. The topological polar surface area (TPSA) is 81.2 Å². The highest BCUT2D eigenvalue weighted by atomic mass is 19.4. The monoisotopic (exact) mass is 297 g/mol.